The van der Waals surface area contributed by atoms with E-state index in [-0.39, 0.29) is 29.1 Å². The second kappa shape index (κ2) is 5.72. The Hall–Kier alpha value is -0.600. The summed E-state index contributed by atoms with van der Waals surface area (Å²) in [7, 11) is 0. The van der Waals surface area contributed by atoms with Gasteiger partial charge in [-0.15, -0.1) is 5.73 Å². The summed E-state index contributed by atoms with van der Waals surface area (Å²) in [6.07, 6.45) is 7.96. The van der Waals surface area contributed by atoms with E-state index in [4.69, 9.17) is 9.47 Å². The summed E-state index contributed by atoms with van der Waals surface area (Å²) >= 11 is 0. The first-order valence-corrected chi connectivity index (χ1v) is 11.1. The molecule has 4 saturated carbocycles. The number of fused-ring (bicyclic) bond motifs is 8. The van der Waals surface area contributed by atoms with Crippen molar-refractivity contribution >= 4 is 0 Å². The Balaban J connectivity index is 1.60. The Kier molecular flexibility index (Phi) is 3.91. The van der Waals surface area contributed by atoms with Crippen LogP contribution >= 0.6 is 0 Å². The number of allylic oxidation sites excluding steroid dienone is 1. The summed E-state index contributed by atoms with van der Waals surface area (Å²) in [6, 6.07) is 0. The molecule has 0 spiro atoms. The third-order valence-electron chi connectivity index (χ3n) is 9.51. The van der Waals surface area contributed by atoms with Gasteiger partial charge in [-0.3, -0.25) is 0 Å². The van der Waals surface area contributed by atoms with Crippen molar-refractivity contribution < 1.29 is 14.6 Å². The van der Waals surface area contributed by atoms with Crippen molar-refractivity contribution in [3.8, 4) is 0 Å². The lowest BCUT2D eigenvalue weighted by Gasteiger charge is -2.62. The van der Waals surface area contributed by atoms with Crippen LogP contribution in [-0.4, -0.2) is 29.2 Å². The molecule has 0 radical (unpaired) electrons. The van der Waals surface area contributed by atoms with Gasteiger partial charge in [0.05, 0.1) is 18.3 Å². The lowest BCUT2D eigenvalue weighted by Crippen LogP contribution is -2.63. The number of ether oxygens (including phenoxy) is 2. The van der Waals surface area contributed by atoms with Gasteiger partial charge in [0.2, 0.25) is 0 Å². The van der Waals surface area contributed by atoms with Crippen LogP contribution in [0.4, 0.5) is 0 Å². The predicted octanol–water partition coefficient (Wildman–Crippen LogP) is 4.84. The minimum atomic E-state index is -0.517. The number of rotatable bonds is 0. The first-order chi connectivity index (χ1) is 12.7. The molecule has 3 nitrogen and oxygen atoms in total. The first kappa shape index (κ1) is 18.4. The van der Waals surface area contributed by atoms with E-state index in [1.807, 2.05) is 0 Å². The third-order valence-corrected chi connectivity index (χ3v) is 9.51. The van der Waals surface area contributed by atoms with Crippen LogP contribution in [0.15, 0.2) is 17.9 Å². The summed E-state index contributed by atoms with van der Waals surface area (Å²) in [6.45, 7) is 13.1. The molecule has 27 heavy (non-hydrogen) atoms. The zero-order chi connectivity index (χ0) is 19.2. The zero-order valence-corrected chi connectivity index (χ0v) is 17.5. The maximum atomic E-state index is 10.5. The Morgan fingerprint density at radius 1 is 0.963 bits per heavy atom. The number of aliphatic hydroxyl groups excluding tert-OH is 1. The Bertz CT molecular complexity index is 692. The minimum Gasteiger partial charge on any atom is -0.393 e. The number of aliphatic hydroxyl groups is 1. The van der Waals surface area contributed by atoms with Gasteiger partial charge in [-0.25, -0.2) is 0 Å². The molecular formula is C24H36O3. The molecule has 0 aromatic rings. The van der Waals surface area contributed by atoms with Crippen molar-refractivity contribution in [2.75, 3.05) is 0 Å². The Morgan fingerprint density at radius 3 is 2.44 bits per heavy atom. The molecule has 5 aliphatic rings. The van der Waals surface area contributed by atoms with E-state index in [0.29, 0.717) is 23.7 Å². The molecule has 1 aliphatic heterocycles. The van der Waals surface area contributed by atoms with E-state index in [1.165, 1.54) is 24.8 Å². The summed E-state index contributed by atoms with van der Waals surface area (Å²) < 4.78 is 13.2. The molecule has 150 valence electrons. The Labute approximate surface area is 164 Å². The fourth-order valence-electron chi connectivity index (χ4n) is 8.27. The fourth-order valence-corrected chi connectivity index (χ4v) is 8.27. The summed E-state index contributed by atoms with van der Waals surface area (Å²) in [4.78, 5) is 0. The smallest absolute Gasteiger partial charge is 0.163 e. The van der Waals surface area contributed by atoms with Crippen LogP contribution < -0.4 is 0 Å². The standard InChI is InChI=1S/C24H36O3/c1-6-14-7-8-16-19-17(10-12-23(14,16)4)24(5)11-9-15(25)13-18(24)20-21(19)27-22(2,3)26-20/h15-21,25H,1,7-13H2,2-5H3/t15-,16?,17?,18?,19?,20-,21-,23-,24-/m1/s1. The predicted molar refractivity (Wildman–Crippen MR) is 105 cm³/mol. The minimum absolute atomic E-state index is 0.125. The average molecular weight is 373 g/mol. The van der Waals surface area contributed by atoms with Gasteiger partial charge in [-0.2, -0.15) is 0 Å². The largest absolute Gasteiger partial charge is 0.393 e. The van der Waals surface area contributed by atoms with E-state index >= 15 is 0 Å². The zero-order valence-electron chi connectivity index (χ0n) is 17.5. The highest BCUT2D eigenvalue weighted by molar-refractivity contribution is 5.25. The van der Waals surface area contributed by atoms with Crippen molar-refractivity contribution in [2.24, 2.45) is 34.5 Å². The van der Waals surface area contributed by atoms with Crippen molar-refractivity contribution in [2.45, 2.75) is 96.7 Å². The van der Waals surface area contributed by atoms with Crippen LogP contribution in [-0.2, 0) is 9.47 Å². The normalized spacial score (nSPS) is 55.9. The quantitative estimate of drug-likeness (QED) is 0.618. The summed E-state index contributed by atoms with van der Waals surface area (Å²) in [5.74, 6) is 1.77. The van der Waals surface area contributed by atoms with Gasteiger partial charge in [0.25, 0.3) is 0 Å². The molecule has 1 heterocycles. The van der Waals surface area contributed by atoms with E-state index in [0.717, 1.165) is 25.7 Å². The van der Waals surface area contributed by atoms with E-state index < -0.39 is 5.79 Å². The van der Waals surface area contributed by atoms with Crippen LogP contribution in [0.2, 0.25) is 0 Å². The van der Waals surface area contributed by atoms with Crippen molar-refractivity contribution in [3.63, 3.8) is 0 Å². The van der Waals surface area contributed by atoms with Crippen LogP contribution in [0.1, 0.15) is 72.6 Å². The molecule has 5 rings (SSSR count). The molecule has 1 N–H and O–H groups in total. The second-order valence-electron chi connectivity index (χ2n) is 11.0. The maximum absolute atomic E-state index is 10.5. The molecule has 0 amide bonds. The molecule has 0 bridgehead atoms. The Morgan fingerprint density at radius 2 is 1.70 bits per heavy atom. The molecule has 3 heteroatoms. The summed E-state index contributed by atoms with van der Waals surface area (Å²) in [5, 5.41) is 10.5. The average Bonchev–Trinajstić information content (AvgIpc) is 3.11. The van der Waals surface area contributed by atoms with Gasteiger partial charge >= 0.3 is 0 Å². The fraction of sp³-hybridized carbons (Fsp3) is 0.875. The molecule has 5 fully saturated rings. The first-order valence-electron chi connectivity index (χ1n) is 11.1. The summed E-state index contributed by atoms with van der Waals surface area (Å²) in [5.41, 5.74) is 5.26. The molecule has 1 saturated heterocycles. The maximum Gasteiger partial charge on any atom is 0.163 e. The topological polar surface area (TPSA) is 38.7 Å². The monoisotopic (exact) mass is 372 g/mol. The van der Waals surface area contributed by atoms with Crippen LogP contribution in [0.3, 0.4) is 0 Å². The van der Waals surface area contributed by atoms with Crippen molar-refractivity contribution in [3.05, 3.63) is 17.9 Å². The lowest BCUT2D eigenvalue weighted by atomic mass is 9.43. The van der Waals surface area contributed by atoms with E-state index in [9.17, 15) is 5.11 Å². The molecule has 9 atom stereocenters. The SMILES string of the molecule is C=C=C1CCC2C3C(CC[C@]12C)[C@@]1(C)CC[C@@H](O)CC1[C@H]1OC(C)(C)O[C@H]31. The van der Waals surface area contributed by atoms with Gasteiger partial charge in [0, 0.05) is 0 Å². The van der Waals surface area contributed by atoms with Crippen LogP contribution in [0, 0.1) is 34.5 Å². The molecule has 0 aromatic heterocycles. The van der Waals surface area contributed by atoms with Gasteiger partial charge in [0.15, 0.2) is 5.79 Å². The molecular weight excluding hydrogens is 336 g/mol. The third kappa shape index (κ3) is 2.38. The van der Waals surface area contributed by atoms with Gasteiger partial charge in [-0.1, -0.05) is 20.4 Å². The van der Waals surface area contributed by atoms with Crippen molar-refractivity contribution in [1.29, 1.82) is 0 Å². The molecule has 0 aromatic carbocycles. The highest BCUT2D eigenvalue weighted by atomic mass is 16.8. The highest BCUT2D eigenvalue weighted by Gasteiger charge is 2.67. The highest BCUT2D eigenvalue weighted by Crippen LogP contribution is 2.69. The van der Waals surface area contributed by atoms with Gasteiger partial charge in [0.1, 0.15) is 0 Å². The van der Waals surface area contributed by atoms with Crippen LogP contribution in [0.5, 0.6) is 0 Å². The van der Waals surface area contributed by atoms with Crippen LogP contribution in [0.25, 0.3) is 0 Å². The molecule has 4 unspecified atom stereocenters. The number of hydrogen-bond donors (Lipinski definition) is 1. The van der Waals surface area contributed by atoms with E-state index in [2.05, 4.69) is 40.0 Å². The van der Waals surface area contributed by atoms with Crippen molar-refractivity contribution in [1.82, 2.24) is 0 Å². The van der Waals surface area contributed by atoms with Gasteiger partial charge < -0.3 is 14.6 Å². The number of hydrogen-bond acceptors (Lipinski definition) is 3. The molecule has 4 aliphatic carbocycles. The lowest BCUT2D eigenvalue weighted by molar-refractivity contribution is -0.182. The second-order valence-corrected chi connectivity index (χ2v) is 11.0. The van der Waals surface area contributed by atoms with Gasteiger partial charge in [-0.05, 0) is 98.9 Å². The van der Waals surface area contributed by atoms with E-state index in [1.54, 1.807) is 0 Å².